The Morgan fingerprint density at radius 1 is 1.67 bits per heavy atom. The predicted molar refractivity (Wildman–Crippen MR) is 41.8 cm³/mol. The van der Waals surface area contributed by atoms with E-state index in [0.29, 0.717) is 5.82 Å². The molecular weight excluding hydrogens is 160 g/mol. The van der Waals surface area contributed by atoms with Gasteiger partial charge in [-0.1, -0.05) is 0 Å². The first-order chi connectivity index (χ1) is 5.72. The van der Waals surface area contributed by atoms with E-state index in [4.69, 9.17) is 0 Å². The lowest BCUT2D eigenvalue weighted by Gasteiger charge is -2.07. The van der Waals surface area contributed by atoms with E-state index >= 15 is 0 Å². The average Bonchev–Trinajstić information content (AvgIpc) is 2.47. The predicted octanol–water partition coefficient (Wildman–Crippen LogP) is -1.57. The highest BCUT2D eigenvalue weighted by Crippen LogP contribution is 1.90. The Hall–Kier alpha value is -1.72. The van der Waals surface area contributed by atoms with Crippen LogP contribution < -0.4 is 21.5 Å². The number of hydrogen-bond acceptors (Lipinski definition) is 4. The molecule has 0 bridgehead atoms. The van der Waals surface area contributed by atoms with Crippen molar-refractivity contribution in [3.05, 3.63) is 11.9 Å². The Balaban J connectivity index is 2.28. The summed E-state index contributed by atoms with van der Waals surface area (Å²) >= 11 is 0. The van der Waals surface area contributed by atoms with Gasteiger partial charge in [0.2, 0.25) is 0 Å². The van der Waals surface area contributed by atoms with Crippen LogP contribution in [0.4, 0.5) is 4.79 Å². The second kappa shape index (κ2) is 3.61. The second-order valence-electron chi connectivity index (χ2n) is 2.21. The first-order valence-electron chi connectivity index (χ1n) is 3.44. The molecule has 0 aromatic heterocycles. The van der Waals surface area contributed by atoms with Gasteiger partial charge in [-0.3, -0.25) is 15.6 Å². The summed E-state index contributed by atoms with van der Waals surface area (Å²) in [5, 5.41) is 5.09. The molecule has 4 N–H and O–H groups in total. The second-order valence-corrected chi connectivity index (χ2v) is 2.21. The van der Waals surface area contributed by atoms with E-state index in [1.807, 2.05) is 0 Å². The molecule has 6 heteroatoms. The third kappa shape index (κ3) is 2.15. The maximum atomic E-state index is 10.7. The van der Waals surface area contributed by atoms with Gasteiger partial charge >= 0.3 is 6.03 Å². The zero-order chi connectivity index (χ0) is 8.97. The van der Waals surface area contributed by atoms with Gasteiger partial charge in [0.15, 0.2) is 5.78 Å². The van der Waals surface area contributed by atoms with Crippen LogP contribution in [0, 0.1) is 0 Å². The summed E-state index contributed by atoms with van der Waals surface area (Å²) in [6, 6.07) is -0.364. The number of carbonyl (C=O) groups excluding carboxylic acids is 2. The fraction of sp³-hybridized carbons (Fsp3) is 0.333. The molecule has 0 saturated carbocycles. The minimum absolute atomic E-state index is 0.0174. The van der Waals surface area contributed by atoms with Crippen molar-refractivity contribution in [2.24, 2.45) is 0 Å². The first-order valence-corrected chi connectivity index (χ1v) is 3.44. The molecule has 2 amide bonds. The van der Waals surface area contributed by atoms with Gasteiger partial charge in [0, 0.05) is 13.1 Å². The molecule has 0 aromatic carbocycles. The zero-order valence-electron chi connectivity index (χ0n) is 6.60. The smallest absolute Gasteiger partial charge is 0.333 e. The molecule has 1 heterocycles. The van der Waals surface area contributed by atoms with Crippen LogP contribution in [0.1, 0.15) is 0 Å². The Morgan fingerprint density at radius 2 is 2.42 bits per heavy atom. The van der Waals surface area contributed by atoms with Gasteiger partial charge in [0.25, 0.3) is 0 Å². The number of carbonyl (C=O) groups is 2. The van der Waals surface area contributed by atoms with E-state index in [0.717, 1.165) is 0 Å². The fourth-order valence-electron chi connectivity index (χ4n) is 0.712. The summed E-state index contributed by atoms with van der Waals surface area (Å²) in [6.07, 6.45) is 1.38. The molecule has 1 rings (SSSR count). The van der Waals surface area contributed by atoms with Crippen LogP contribution in [-0.2, 0) is 4.79 Å². The summed E-state index contributed by atoms with van der Waals surface area (Å²) < 4.78 is 0. The topological polar surface area (TPSA) is 82.3 Å². The number of hydrazine groups is 1. The molecular formula is C6H10N4O2. The summed E-state index contributed by atoms with van der Waals surface area (Å²) in [6.45, 7) is 0.276. The number of nitrogens with one attached hydrogen (secondary N) is 4. The Kier molecular flexibility index (Phi) is 2.52. The van der Waals surface area contributed by atoms with Gasteiger partial charge in [-0.15, -0.1) is 0 Å². The van der Waals surface area contributed by atoms with E-state index in [9.17, 15) is 9.59 Å². The molecule has 12 heavy (non-hydrogen) atoms. The largest absolute Gasteiger partial charge is 0.363 e. The third-order valence-electron chi connectivity index (χ3n) is 1.30. The molecule has 1 aliphatic heterocycles. The lowest BCUT2D eigenvalue weighted by molar-refractivity contribution is -0.113. The molecule has 0 fully saturated rings. The molecule has 0 aliphatic carbocycles. The van der Waals surface area contributed by atoms with Crippen LogP contribution in [0.5, 0.6) is 0 Å². The minimum Gasteiger partial charge on any atom is -0.363 e. The maximum absolute atomic E-state index is 10.7. The summed E-state index contributed by atoms with van der Waals surface area (Å²) in [5.74, 6) is 0.486. The summed E-state index contributed by atoms with van der Waals surface area (Å²) in [5.41, 5.74) is 4.84. The van der Waals surface area contributed by atoms with Gasteiger partial charge in [0.05, 0.1) is 6.54 Å². The number of ketones is 1. The molecule has 0 aromatic rings. The SMILES string of the molecule is CNC(=O)NNC1=CC(=O)CN1. The molecule has 0 unspecified atom stereocenters. The van der Waals surface area contributed by atoms with Gasteiger partial charge in [-0.25, -0.2) is 4.79 Å². The molecule has 0 saturated heterocycles. The highest BCUT2D eigenvalue weighted by Gasteiger charge is 2.09. The van der Waals surface area contributed by atoms with Crippen LogP contribution in [0.15, 0.2) is 11.9 Å². The number of amides is 2. The molecule has 0 spiro atoms. The van der Waals surface area contributed by atoms with Crippen molar-refractivity contribution in [2.45, 2.75) is 0 Å². The summed E-state index contributed by atoms with van der Waals surface area (Å²) in [4.78, 5) is 21.3. The fourth-order valence-corrected chi connectivity index (χ4v) is 0.712. The van der Waals surface area contributed by atoms with Crippen LogP contribution in [0.3, 0.4) is 0 Å². The van der Waals surface area contributed by atoms with Crippen molar-refractivity contribution in [2.75, 3.05) is 13.6 Å². The van der Waals surface area contributed by atoms with Crippen molar-refractivity contribution < 1.29 is 9.59 Å². The Morgan fingerprint density at radius 3 is 2.92 bits per heavy atom. The molecule has 0 atom stereocenters. The normalized spacial score (nSPS) is 14.8. The van der Waals surface area contributed by atoms with E-state index in [1.54, 1.807) is 0 Å². The number of rotatable bonds is 2. The van der Waals surface area contributed by atoms with Gasteiger partial charge < -0.3 is 10.6 Å². The minimum atomic E-state index is -0.364. The van der Waals surface area contributed by atoms with Crippen molar-refractivity contribution in [3.8, 4) is 0 Å². The van der Waals surface area contributed by atoms with Crippen molar-refractivity contribution in [1.29, 1.82) is 0 Å². The van der Waals surface area contributed by atoms with E-state index in [-0.39, 0.29) is 18.4 Å². The van der Waals surface area contributed by atoms with Crippen LogP contribution >= 0.6 is 0 Å². The number of hydrogen-bond donors (Lipinski definition) is 4. The highest BCUT2D eigenvalue weighted by molar-refractivity contribution is 5.94. The Labute approximate surface area is 69.4 Å². The highest BCUT2D eigenvalue weighted by atomic mass is 16.2. The standard InChI is InChI=1S/C6H10N4O2/c1-7-6(12)10-9-5-2-4(11)3-8-5/h2,8-9H,3H2,1H3,(H2,7,10,12). The van der Waals surface area contributed by atoms with Crippen molar-refractivity contribution >= 4 is 11.8 Å². The quantitative estimate of drug-likeness (QED) is 0.377. The van der Waals surface area contributed by atoms with Gasteiger partial charge in [0.1, 0.15) is 5.82 Å². The molecule has 1 aliphatic rings. The molecule has 66 valence electrons. The first kappa shape index (κ1) is 8.38. The van der Waals surface area contributed by atoms with E-state index in [1.165, 1.54) is 13.1 Å². The van der Waals surface area contributed by atoms with Gasteiger partial charge in [-0.05, 0) is 0 Å². The van der Waals surface area contributed by atoms with Crippen LogP contribution in [0.25, 0.3) is 0 Å². The molecule has 0 radical (unpaired) electrons. The molecule has 6 nitrogen and oxygen atoms in total. The summed E-state index contributed by atoms with van der Waals surface area (Å²) in [7, 11) is 1.50. The number of urea groups is 1. The maximum Gasteiger partial charge on any atom is 0.333 e. The average molecular weight is 170 g/mol. The van der Waals surface area contributed by atoms with Crippen LogP contribution in [0.2, 0.25) is 0 Å². The van der Waals surface area contributed by atoms with Crippen molar-refractivity contribution in [3.63, 3.8) is 0 Å². The van der Waals surface area contributed by atoms with E-state index in [2.05, 4.69) is 21.5 Å². The lowest BCUT2D eigenvalue weighted by Crippen LogP contribution is -2.44. The monoisotopic (exact) mass is 170 g/mol. The third-order valence-corrected chi connectivity index (χ3v) is 1.30. The lowest BCUT2D eigenvalue weighted by atomic mass is 10.4. The Bertz CT molecular complexity index is 236. The van der Waals surface area contributed by atoms with Crippen molar-refractivity contribution in [1.82, 2.24) is 21.5 Å². The van der Waals surface area contributed by atoms with Crippen LogP contribution in [-0.4, -0.2) is 25.4 Å². The van der Waals surface area contributed by atoms with E-state index < -0.39 is 0 Å². The van der Waals surface area contributed by atoms with Gasteiger partial charge in [-0.2, -0.15) is 0 Å². The zero-order valence-corrected chi connectivity index (χ0v) is 6.60.